The molecule has 0 atom stereocenters. The van der Waals surface area contributed by atoms with Gasteiger partial charge in [-0.2, -0.15) is 4.31 Å². The molecule has 0 bridgehead atoms. The molecule has 138 valence electrons. The van der Waals surface area contributed by atoms with Crippen LogP contribution in [0, 0.1) is 13.8 Å². The largest absolute Gasteiger partial charge is 0.360 e. The minimum atomic E-state index is -3.61. The Bertz CT molecular complexity index is 991. The van der Waals surface area contributed by atoms with E-state index in [2.05, 4.69) is 20.0 Å². The van der Waals surface area contributed by atoms with Crippen molar-refractivity contribution in [2.24, 2.45) is 0 Å². The van der Waals surface area contributed by atoms with Crippen molar-refractivity contribution in [3.8, 4) is 0 Å². The Labute approximate surface area is 155 Å². The third-order valence-corrected chi connectivity index (χ3v) is 7.63. The Morgan fingerprint density at radius 2 is 2.04 bits per heavy atom. The SMILES string of the molecule is Cc1noc(C)c1S(=O)(=O)N1CCCN(c2nc3cccnc3s2)CC1. The van der Waals surface area contributed by atoms with E-state index in [1.54, 1.807) is 20.0 Å². The lowest BCUT2D eigenvalue weighted by Crippen LogP contribution is -2.35. The maximum Gasteiger partial charge on any atom is 0.248 e. The molecule has 0 radical (unpaired) electrons. The van der Waals surface area contributed by atoms with Gasteiger partial charge in [-0.3, -0.25) is 0 Å². The Morgan fingerprint density at radius 1 is 1.19 bits per heavy atom. The van der Waals surface area contributed by atoms with Crippen molar-refractivity contribution < 1.29 is 12.9 Å². The first kappa shape index (κ1) is 17.4. The summed E-state index contributed by atoms with van der Waals surface area (Å²) in [5, 5.41) is 4.67. The number of thiazole rings is 1. The van der Waals surface area contributed by atoms with Crippen molar-refractivity contribution in [1.29, 1.82) is 0 Å². The topological polar surface area (TPSA) is 92.4 Å². The van der Waals surface area contributed by atoms with Crippen LogP contribution in [0.1, 0.15) is 17.9 Å². The van der Waals surface area contributed by atoms with Gasteiger partial charge in [-0.05, 0) is 32.4 Å². The number of aryl methyl sites for hydroxylation is 2. The van der Waals surface area contributed by atoms with Crippen LogP contribution in [0.3, 0.4) is 0 Å². The number of nitrogens with zero attached hydrogens (tertiary/aromatic N) is 5. The van der Waals surface area contributed by atoms with E-state index in [0.29, 0.717) is 31.1 Å². The van der Waals surface area contributed by atoms with Gasteiger partial charge in [-0.1, -0.05) is 16.5 Å². The molecule has 1 aliphatic rings. The van der Waals surface area contributed by atoms with E-state index in [-0.39, 0.29) is 4.90 Å². The van der Waals surface area contributed by atoms with Gasteiger partial charge in [-0.15, -0.1) is 0 Å². The predicted molar refractivity (Wildman–Crippen MR) is 99.0 cm³/mol. The van der Waals surface area contributed by atoms with Crippen LogP contribution in [0.15, 0.2) is 27.7 Å². The zero-order chi connectivity index (χ0) is 18.3. The van der Waals surface area contributed by atoms with E-state index < -0.39 is 10.0 Å². The molecule has 1 fully saturated rings. The first-order valence-electron chi connectivity index (χ1n) is 8.36. The van der Waals surface area contributed by atoms with Crippen molar-refractivity contribution >= 4 is 36.8 Å². The standard InChI is InChI=1S/C16H19N5O3S2/c1-11-14(12(2)24-19-11)26(22,23)21-8-4-7-20(9-10-21)16-18-13-5-3-6-17-15(13)25-16/h3,5-6H,4,7-10H2,1-2H3. The molecule has 10 heteroatoms. The minimum absolute atomic E-state index is 0.190. The Kier molecular flexibility index (Phi) is 4.41. The van der Waals surface area contributed by atoms with Crippen molar-refractivity contribution in [2.45, 2.75) is 25.2 Å². The molecule has 8 nitrogen and oxygen atoms in total. The summed E-state index contributed by atoms with van der Waals surface area (Å²) < 4.78 is 32.6. The lowest BCUT2D eigenvalue weighted by molar-refractivity contribution is 0.389. The van der Waals surface area contributed by atoms with Gasteiger partial charge < -0.3 is 9.42 Å². The number of fused-ring (bicyclic) bond motifs is 1. The van der Waals surface area contributed by atoms with E-state index in [1.165, 1.54) is 15.6 Å². The first-order valence-corrected chi connectivity index (χ1v) is 10.6. The highest BCUT2D eigenvalue weighted by molar-refractivity contribution is 7.89. The van der Waals surface area contributed by atoms with E-state index in [9.17, 15) is 8.42 Å². The number of rotatable bonds is 3. The molecule has 3 aromatic heterocycles. The molecule has 1 aliphatic heterocycles. The van der Waals surface area contributed by atoms with Crippen LogP contribution in [-0.4, -0.2) is 54.0 Å². The van der Waals surface area contributed by atoms with Gasteiger partial charge in [-0.25, -0.2) is 18.4 Å². The van der Waals surface area contributed by atoms with Gasteiger partial charge in [0.15, 0.2) is 10.9 Å². The molecule has 0 amide bonds. The molecular formula is C16H19N5O3S2. The van der Waals surface area contributed by atoms with Crippen molar-refractivity contribution in [1.82, 2.24) is 19.4 Å². The Hall–Kier alpha value is -2.04. The lowest BCUT2D eigenvalue weighted by atomic mass is 10.4. The van der Waals surface area contributed by atoms with E-state index in [0.717, 1.165) is 28.4 Å². The highest BCUT2D eigenvalue weighted by atomic mass is 32.2. The second-order valence-corrected chi connectivity index (χ2v) is 9.05. The van der Waals surface area contributed by atoms with Gasteiger partial charge in [0.1, 0.15) is 20.9 Å². The van der Waals surface area contributed by atoms with Crippen molar-refractivity contribution in [2.75, 3.05) is 31.1 Å². The average Bonchev–Trinajstić information content (AvgIpc) is 3.08. The van der Waals surface area contributed by atoms with E-state index in [1.807, 2.05) is 12.1 Å². The number of pyridine rings is 1. The van der Waals surface area contributed by atoms with Crippen LogP contribution in [0.25, 0.3) is 10.3 Å². The van der Waals surface area contributed by atoms with Gasteiger partial charge in [0.05, 0.1) is 0 Å². The molecule has 0 aromatic carbocycles. The fourth-order valence-electron chi connectivity index (χ4n) is 3.19. The quantitative estimate of drug-likeness (QED) is 0.673. The van der Waals surface area contributed by atoms with E-state index in [4.69, 9.17) is 4.52 Å². The molecular weight excluding hydrogens is 374 g/mol. The predicted octanol–water partition coefficient (Wildman–Crippen LogP) is 2.20. The monoisotopic (exact) mass is 393 g/mol. The molecule has 1 saturated heterocycles. The van der Waals surface area contributed by atoms with Crippen LogP contribution < -0.4 is 4.90 Å². The third kappa shape index (κ3) is 2.97. The maximum absolute atomic E-state index is 13.0. The van der Waals surface area contributed by atoms with Crippen LogP contribution in [0.4, 0.5) is 5.13 Å². The minimum Gasteiger partial charge on any atom is -0.360 e. The normalized spacial score (nSPS) is 16.9. The summed E-state index contributed by atoms with van der Waals surface area (Å²) in [6, 6.07) is 3.81. The molecule has 0 unspecified atom stereocenters. The second-order valence-electron chi connectivity index (χ2n) is 6.22. The molecule has 0 N–H and O–H groups in total. The Balaban J connectivity index is 1.56. The summed E-state index contributed by atoms with van der Waals surface area (Å²) in [7, 11) is -3.61. The zero-order valence-electron chi connectivity index (χ0n) is 14.5. The summed E-state index contributed by atoms with van der Waals surface area (Å²) in [6.07, 6.45) is 2.48. The lowest BCUT2D eigenvalue weighted by Gasteiger charge is -2.21. The highest BCUT2D eigenvalue weighted by Crippen LogP contribution is 2.29. The smallest absolute Gasteiger partial charge is 0.248 e. The molecule has 0 saturated carbocycles. The number of anilines is 1. The number of aromatic nitrogens is 3. The summed E-state index contributed by atoms with van der Waals surface area (Å²) >= 11 is 1.54. The molecule has 4 heterocycles. The maximum atomic E-state index is 13.0. The number of hydrogen-bond acceptors (Lipinski definition) is 8. The summed E-state index contributed by atoms with van der Waals surface area (Å²) in [6.45, 7) is 5.49. The number of hydrogen-bond donors (Lipinski definition) is 0. The highest BCUT2D eigenvalue weighted by Gasteiger charge is 2.32. The number of sulfonamides is 1. The first-order chi connectivity index (χ1) is 12.5. The molecule has 26 heavy (non-hydrogen) atoms. The third-order valence-electron chi connectivity index (χ3n) is 4.45. The van der Waals surface area contributed by atoms with Crippen LogP contribution in [0.2, 0.25) is 0 Å². The fraction of sp³-hybridized carbons (Fsp3) is 0.438. The molecule has 3 aromatic rings. The van der Waals surface area contributed by atoms with E-state index >= 15 is 0 Å². The molecule has 0 aliphatic carbocycles. The average molecular weight is 393 g/mol. The van der Waals surface area contributed by atoms with Gasteiger partial charge in [0.25, 0.3) is 0 Å². The van der Waals surface area contributed by atoms with Crippen molar-refractivity contribution in [3.05, 3.63) is 29.8 Å². The second kappa shape index (κ2) is 6.60. The van der Waals surface area contributed by atoms with Crippen LogP contribution in [-0.2, 0) is 10.0 Å². The zero-order valence-corrected chi connectivity index (χ0v) is 16.2. The molecule has 0 spiro atoms. The van der Waals surface area contributed by atoms with Crippen LogP contribution in [0.5, 0.6) is 0 Å². The molecule has 4 rings (SSSR count). The van der Waals surface area contributed by atoms with Crippen LogP contribution >= 0.6 is 11.3 Å². The fourth-order valence-corrected chi connectivity index (χ4v) is 5.91. The van der Waals surface area contributed by atoms with Gasteiger partial charge >= 0.3 is 0 Å². The summed E-state index contributed by atoms with van der Waals surface area (Å²) in [4.78, 5) is 12.2. The van der Waals surface area contributed by atoms with Gasteiger partial charge in [0.2, 0.25) is 10.0 Å². The summed E-state index contributed by atoms with van der Waals surface area (Å²) in [5.74, 6) is 0.334. The van der Waals surface area contributed by atoms with Gasteiger partial charge in [0, 0.05) is 32.4 Å². The Morgan fingerprint density at radius 3 is 2.77 bits per heavy atom. The van der Waals surface area contributed by atoms with Crippen molar-refractivity contribution in [3.63, 3.8) is 0 Å². The summed E-state index contributed by atoms with van der Waals surface area (Å²) in [5.41, 5.74) is 1.28.